The maximum Gasteiger partial charge on any atom is 0.240 e. The van der Waals surface area contributed by atoms with Crippen LogP contribution in [0.2, 0.25) is 0 Å². The maximum atomic E-state index is 12.0. The Labute approximate surface area is 84.3 Å². The largest absolute Gasteiger partial charge is 0.394 e. The fourth-order valence-electron chi connectivity index (χ4n) is 2.41. The lowest BCUT2D eigenvalue weighted by Crippen LogP contribution is -2.46. The number of carbonyl (C=O) groups excluding carboxylic acids is 1. The zero-order valence-corrected chi connectivity index (χ0v) is 8.41. The molecule has 80 valence electrons. The van der Waals surface area contributed by atoms with Crippen molar-refractivity contribution < 1.29 is 9.90 Å². The number of likely N-dealkylation sites (tertiary alicyclic amines) is 1. The molecule has 4 nitrogen and oxygen atoms in total. The van der Waals surface area contributed by atoms with Gasteiger partial charge in [0.1, 0.15) is 0 Å². The van der Waals surface area contributed by atoms with Crippen LogP contribution in [0, 0.1) is 0 Å². The van der Waals surface area contributed by atoms with E-state index < -0.39 is 0 Å². The van der Waals surface area contributed by atoms with E-state index in [-0.39, 0.29) is 24.6 Å². The molecule has 0 bridgehead atoms. The summed E-state index contributed by atoms with van der Waals surface area (Å²) in [5.41, 5.74) is 0. The molecule has 4 heteroatoms. The molecular formula is C10H18N2O2. The van der Waals surface area contributed by atoms with Crippen molar-refractivity contribution in [1.82, 2.24) is 10.2 Å². The molecular weight excluding hydrogens is 180 g/mol. The van der Waals surface area contributed by atoms with Gasteiger partial charge in [-0.2, -0.15) is 0 Å². The molecule has 0 aliphatic carbocycles. The minimum Gasteiger partial charge on any atom is -0.394 e. The van der Waals surface area contributed by atoms with Crippen molar-refractivity contribution in [2.75, 3.05) is 19.7 Å². The Bertz CT molecular complexity index is 214. The summed E-state index contributed by atoms with van der Waals surface area (Å²) in [5.74, 6) is 0.194. The lowest BCUT2D eigenvalue weighted by atomic mass is 10.2. The predicted octanol–water partition coefficient (Wildman–Crippen LogP) is -0.278. The molecule has 2 saturated heterocycles. The first-order valence-electron chi connectivity index (χ1n) is 5.47. The standard InChI is InChI=1S/C10H18N2O2/c13-7-8-3-2-6-12(8)10(14)9-4-1-5-11-9/h8-9,11,13H,1-7H2/t8?,9-/m1/s1. The van der Waals surface area contributed by atoms with Crippen molar-refractivity contribution in [2.24, 2.45) is 0 Å². The van der Waals surface area contributed by atoms with Gasteiger partial charge in [0, 0.05) is 6.54 Å². The number of nitrogens with zero attached hydrogens (tertiary/aromatic N) is 1. The van der Waals surface area contributed by atoms with Gasteiger partial charge in [0.2, 0.25) is 5.91 Å². The molecule has 2 aliphatic heterocycles. The zero-order chi connectivity index (χ0) is 9.97. The van der Waals surface area contributed by atoms with Crippen LogP contribution in [-0.2, 0) is 4.79 Å². The van der Waals surface area contributed by atoms with Gasteiger partial charge in [-0.15, -0.1) is 0 Å². The quantitative estimate of drug-likeness (QED) is 0.642. The van der Waals surface area contributed by atoms with Gasteiger partial charge in [-0.25, -0.2) is 0 Å². The third-order valence-electron chi connectivity index (χ3n) is 3.23. The minimum absolute atomic E-state index is 0.0159. The minimum atomic E-state index is 0.0159. The molecule has 0 aromatic heterocycles. The molecule has 14 heavy (non-hydrogen) atoms. The Morgan fingerprint density at radius 1 is 1.43 bits per heavy atom. The third kappa shape index (κ3) is 1.77. The average Bonchev–Trinajstić information content (AvgIpc) is 2.87. The van der Waals surface area contributed by atoms with Crippen LogP contribution in [0.5, 0.6) is 0 Å². The Balaban J connectivity index is 1.95. The van der Waals surface area contributed by atoms with Crippen molar-refractivity contribution in [3.05, 3.63) is 0 Å². The molecule has 1 amide bonds. The van der Waals surface area contributed by atoms with Gasteiger partial charge in [0.15, 0.2) is 0 Å². The van der Waals surface area contributed by atoms with E-state index in [2.05, 4.69) is 5.32 Å². The van der Waals surface area contributed by atoms with Crippen LogP contribution in [0.1, 0.15) is 25.7 Å². The van der Waals surface area contributed by atoms with Crippen LogP contribution in [0.25, 0.3) is 0 Å². The molecule has 0 saturated carbocycles. The summed E-state index contributed by atoms with van der Waals surface area (Å²) in [6.07, 6.45) is 4.03. The van der Waals surface area contributed by atoms with Gasteiger partial charge in [-0.05, 0) is 32.2 Å². The summed E-state index contributed by atoms with van der Waals surface area (Å²) >= 11 is 0. The Morgan fingerprint density at radius 3 is 2.93 bits per heavy atom. The Kier molecular flexibility index (Phi) is 3.03. The normalized spacial score (nSPS) is 32.5. The molecule has 1 unspecified atom stereocenters. The summed E-state index contributed by atoms with van der Waals surface area (Å²) in [7, 11) is 0. The van der Waals surface area contributed by atoms with Gasteiger partial charge in [-0.1, -0.05) is 0 Å². The summed E-state index contributed by atoms with van der Waals surface area (Å²) in [4.78, 5) is 13.8. The SMILES string of the molecule is O=C([C@H]1CCCN1)N1CCCC1CO. The van der Waals surface area contributed by atoms with Crippen molar-refractivity contribution in [2.45, 2.75) is 37.8 Å². The lowest BCUT2D eigenvalue weighted by molar-refractivity contribution is -0.134. The number of aliphatic hydroxyl groups is 1. The first-order chi connectivity index (χ1) is 6.83. The molecule has 0 radical (unpaired) electrons. The topological polar surface area (TPSA) is 52.6 Å². The van der Waals surface area contributed by atoms with Crippen molar-refractivity contribution in [1.29, 1.82) is 0 Å². The predicted molar refractivity (Wildman–Crippen MR) is 52.8 cm³/mol. The Hall–Kier alpha value is -0.610. The molecule has 2 rings (SSSR count). The number of aliphatic hydroxyl groups excluding tert-OH is 1. The van der Waals surface area contributed by atoms with Crippen LogP contribution in [0.4, 0.5) is 0 Å². The van der Waals surface area contributed by atoms with Crippen molar-refractivity contribution in [3.8, 4) is 0 Å². The zero-order valence-electron chi connectivity index (χ0n) is 8.41. The highest BCUT2D eigenvalue weighted by Gasteiger charge is 2.33. The number of nitrogens with one attached hydrogen (secondary N) is 1. The number of amides is 1. The lowest BCUT2D eigenvalue weighted by Gasteiger charge is -2.26. The first kappa shape index (κ1) is 9.93. The number of carbonyl (C=O) groups is 1. The van der Waals surface area contributed by atoms with Crippen LogP contribution in [-0.4, -0.2) is 47.7 Å². The molecule has 2 fully saturated rings. The molecule has 2 aliphatic rings. The highest BCUT2D eigenvalue weighted by atomic mass is 16.3. The number of hydrogen-bond acceptors (Lipinski definition) is 3. The summed E-state index contributed by atoms with van der Waals surface area (Å²) < 4.78 is 0. The molecule has 2 atom stereocenters. The van der Waals surface area contributed by atoms with Crippen LogP contribution in [0.3, 0.4) is 0 Å². The fourth-order valence-corrected chi connectivity index (χ4v) is 2.41. The average molecular weight is 198 g/mol. The van der Waals surface area contributed by atoms with Crippen LogP contribution < -0.4 is 5.32 Å². The highest BCUT2D eigenvalue weighted by Crippen LogP contribution is 2.19. The van der Waals surface area contributed by atoms with Gasteiger partial charge in [0.05, 0.1) is 18.7 Å². The molecule has 2 heterocycles. The number of rotatable bonds is 2. The fraction of sp³-hybridized carbons (Fsp3) is 0.900. The second-order valence-corrected chi connectivity index (χ2v) is 4.16. The summed E-state index contributed by atoms with van der Waals surface area (Å²) in [6, 6.07) is 0.0899. The second kappa shape index (κ2) is 4.28. The van der Waals surface area contributed by atoms with E-state index in [4.69, 9.17) is 5.11 Å². The van der Waals surface area contributed by atoms with Gasteiger partial charge >= 0.3 is 0 Å². The third-order valence-corrected chi connectivity index (χ3v) is 3.23. The second-order valence-electron chi connectivity index (χ2n) is 4.16. The smallest absolute Gasteiger partial charge is 0.240 e. The van der Waals surface area contributed by atoms with Crippen molar-refractivity contribution >= 4 is 5.91 Å². The van der Waals surface area contributed by atoms with E-state index in [1.807, 2.05) is 4.90 Å². The van der Waals surface area contributed by atoms with E-state index in [0.29, 0.717) is 0 Å². The monoisotopic (exact) mass is 198 g/mol. The van der Waals surface area contributed by atoms with E-state index in [1.165, 1.54) is 0 Å². The van der Waals surface area contributed by atoms with Gasteiger partial charge in [-0.3, -0.25) is 4.79 Å². The highest BCUT2D eigenvalue weighted by molar-refractivity contribution is 5.82. The number of hydrogen-bond donors (Lipinski definition) is 2. The molecule has 2 N–H and O–H groups in total. The van der Waals surface area contributed by atoms with Crippen LogP contribution in [0.15, 0.2) is 0 Å². The van der Waals surface area contributed by atoms with Crippen LogP contribution >= 0.6 is 0 Å². The van der Waals surface area contributed by atoms with Gasteiger partial charge < -0.3 is 15.3 Å². The molecule has 0 spiro atoms. The summed E-state index contributed by atoms with van der Waals surface area (Å²) in [5, 5.41) is 12.3. The van der Waals surface area contributed by atoms with E-state index in [0.717, 1.165) is 38.8 Å². The molecule has 0 aromatic rings. The maximum absolute atomic E-state index is 12.0. The first-order valence-corrected chi connectivity index (χ1v) is 5.47. The van der Waals surface area contributed by atoms with E-state index >= 15 is 0 Å². The molecule has 0 aromatic carbocycles. The van der Waals surface area contributed by atoms with E-state index in [1.54, 1.807) is 0 Å². The Morgan fingerprint density at radius 2 is 2.29 bits per heavy atom. The summed E-state index contributed by atoms with van der Waals surface area (Å²) in [6.45, 7) is 1.88. The van der Waals surface area contributed by atoms with Gasteiger partial charge in [0.25, 0.3) is 0 Å². The van der Waals surface area contributed by atoms with E-state index in [9.17, 15) is 4.79 Å². The van der Waals surface area contributed by atoms with Crippen molar-refractivity contribution in [3.63, 3.8) is 0 Å².